The predicted molar refractivity (Wildman–Crippen MR) is 479 cm³/mol. The van der Waals surface area contributed by atoms with Crippen LogP contribution in [0.15, 0.2) is 261 Å². The van der Waals surface area contributed by atoms with Gasteiger partial charge < -0.3 is 53.8 Å². The molecule has 3 aliphatic rings. The Labute approximate surface area is 697 Å². The van der Waals surface area contributed by atoms with E-state index in [4.69, 9.17) is 21.9 Å². The van der Waals surface area contributed by atoms with Crippen molar-refractivity contribution in [2.75, 3.05) is 42.7 Å². The molecule has 3 saturated carbocycles. The zero-order chi connectivity index (χ0) is 82.6. The van der Waals surface area contributed by atoms with Crippen molar-refractivity contribution in [1.82, 2.24) is 45.3 Å². The van der Waals surface area contributed by atoms with Crippen LogP contribution in [0.1, 0.15) is 186 Å². The average molecular weight is 1580 g/mol. The van der Waals surface area contributed by atoms with Crippen LogP contribution in [-0.2, 0) is 19.6 Å². The quantitative estimate of drug-likeness (QED) is 0.0198. The van der Waals surface area contributed by atoms with Crippen molar-refractivity contribution in [1.29, 1.82) is 0 Å². The molecule has 14 aromatic rings. The lowest BCUT2D eigenvalue weighted by atomic mass is 9.86. The molecule has 3 amide bonds. The van der Waals surface area contributed by atoms with Gasteiger partial charge in [0.1, 0.15) is 22.8 Å². The molecule has 606 valence electrons. The second-order valence-corrected chi connectivity index (χ2v) is 32.2. The van der Waals surface area contributed by atoms with E-state index in [1.165, 1.54) is 82.3 Å². The van der Waals surface area contributed by atoms with Gasteiger partial charge in [0.25, 0.3) is 17.7 Å². The molecule has 12 N–H and O–H groups in total. The summed E-state index contributed by atoms with van der Waals surface area (Å²) in [4.78, 5) is 40.6. The maximum atomic E-state index is 13.7. The Kier molecular flexibility index (Phi) is 25.7. The third-order valence-corrected chi connectivity index (χ3v) is 22.6. The van der Waals surface area contributed by atoms with E-state index in [0.29, 0.717) is 48.6 Å². The Hall–Kier alpha value is -12.5. The van der Waals surface area contributed by atoms with E-state index in [0.717, 1.165) is 127 Å². The van der Waals surface area contributed by atoms with Crippen molar-refractivity contribution in [2.24, 2.45) is 35.0 Å². The standard InChI is InChI=1S/C38H37N5O.C32H37N5O.C30H33N5O2/c1-24-19-35(43(42-24)30-12-7-9-27(20-30)22-39)38(44)41-29-11-8-10-28(21-29)37(40-23-26-17-18-26)36-33-15-5-3-13-31(33)25(2)32-14-4-6-16-34(32)36;1-21(2)25-12-14-26(15-13-25)31(34-20-23-10-11-23)27-7-5-8-28(18-27)35-32(38)30-16-22(3)36-37(30)29-9-4-6-24(17-29)19-33;1-20-15-27(35(34-20)25-10-5-7-22(16-25)18-31)30(36)33-24-9-6-8-23(17-24)29(32-19-21-13-14-21)26-11-3-4-12-28(26)37-2/h3-16,19-21,26,37,40H,17-18,22-23,39H2,1-2H3,(H,41,44);4-9,12-18,21,23,31,34H,10-11,19-20,33H2,1-3H3,(H,35,38);3-12,15-17,21,29,32H,13-14,18-19,31H2,1-2H3,(H,33,36). The smallest absolute Gasteiger partial charge is 0.274 e. The van der Waals surface area contributed by atoms with Gasteiger partial charge in [-0.15, -0.1) is 0 Å². The SMILES string of the molecule is COc1ccccc1C(NCC1CC1)c1cccc(NC(=O)c2cc(C)nn2-c2cccc(CN)c2)c1.Cc1cc(C(=O)Nc2cccc(C(NCC3CC3)c3c4ccccc4c(C)c4ccccc34)c2)n(-c2cccc(CN)c2)n1.Cc1cc(C(=O)Nc2cccc(C(NCC3CC3)c3ccc(C(C)C)cc3)c2)n(-c2cccc(CN)c2)n1. The van der Waals surface area contributed by atoms with Gasteiger partial charge in [-0.1, -0.05) is 178 Å². The number of anilines is 3. The van der Waals surface area contributed by atoms with Crippen molar-refractivity contribution in [3.05, 3.63) is 356 Å². The molecule has 119 heavy (non-hydrogen) atoms. The van der Waals surface area contributed by atoms with Crippen LogP contribution in [-0.4, -0.2) is 73.8 Å². The fraction of sp³-hybridized carbons (Fsp3) is 0.260. The highest BCUT2D eigenvalue weighted by Gasteiger charge is 2.30. The molecule has 0 saturated heterocycles. The van der Waals surface area contributed by atoms with Crippen LogP contribution in [0.2, 0.25) is 0 Å². The Bertz CT molecular complexity index is 5870. The summed E-state index contributed by atoms with van der Waals surface area (Å²) >= 11 is 0. The molecule has 3 fully saturated rings. The second kappa shape index (κ2) is 37.4. The fourth-order valence-corrected chi connectivity index (χ4v) is 15.7. The number of methoxy groups -OCH3 is 1. The molecule has 17 rings (SSSR count). The van der Waals surface area contributed by atoms with E-state index >= 15 is 0 Å². The fourth-order valence-electron chi connectivity index (χ4n) is 15.7. The summed E-state index contributed by atoms with van der Waals surface area (Å²) in [6, 6.07) is 87.5. The number of carbonyl (C=O) groups excluding carboxylic acids is 3. The van der Waals surface area contributed by atoms with Gasteiger partial charge in [-0.25, -0.2) is 14.0 Å². The van der Waals surface area contributed by atoms with E-state index in [-0.39, 0.29) is 35.8 Å². The topological polar surface area (TPSA) is 264 Å². The second-order valence-electron chi connectivity index (χ2n) is 32.2. The molecular weight excluding hydrogens is 1480 g/mol. The van der Waals surface area contributed by atoms with Crippen LogP contribution in [0.3, 0.4) is 0 Å². The number of hydrogen-bond donors (Lipinski definition) is 9. The minimum absolute atomic E-state index is 0.0466. The summed E-state index contributed by atoms with van der Waals surface area (Å²) in [5.74, 6) is 2.89. The van der Waals surface area contributed by atoms with Crippen molar-refractivity contribution in [3.8, 4) is 22.8 Å². The third kappa shape index (κ3) is 19.9. The number of rotatable bonds is 29. The zero-order valence-electron chi connectivity index (χ0n) is 68.9. The molecule has 3 heterocycles. The van der Waals surface area contributed by atoms with Crippen LogP contribution in [0.5, 0.6) is 5.75 Å². The average Bonchev–Trinajstić information content (AvgIpc) is 1.02. The normalized spacial score (nSPS) is 13.9. The third-order valence-electron chi connectivity index (χ3n) is 22.6. The molecule has 11 aromatic carbocycles. The number of aromatic nitrogens is 6. The largest absolute Gasteiger partial charge is 0.496 e. The van der Waals surface area contributed by atoms with Crippen LogP contribution in [0.4, 0.5) is 17.1 Å². The van der Waals surface area contributed by atoms with Gasteiger partial charge in [0, 0.05) is 42.3 Å². The predicted octanol–water partition coefficient (Wildman–Crippen LogP) is 18.7. The first-order chi connectivity index (χ1) is 58.0. The highest BCUT2D eigenvalue weighted by Crippen LogP contribution is 2.41. The Balaban J connectivity index is 0.000000140. The Morgan fingerprint density at radius 2 is 0.723 bits per heavy atom. The van der Waals surface area contributed by atoms with Gasteiger partial charge in [0.15, 0.2) is 0 Å². The highest BCUT2D eigenvalue weighted by molar-refractivity contribution is 6.07. The summed E-state index contributed by atoms with van der Waals surface area (Å²) in [7, 11) is 1.70. The van der Waals surface area contributed by atoms with E-state index in [1.54, 1.807) is 27.2 Å². The van der Waals surface area contributed by atoms with Crippen LogP contribution >= 0.6 is 0 Å². The van der Waals surface area contributed by atoms with Crippen molar-refractivity contribution in [2.45, 2.75) is 124 Å². The van der Waals surface area contributed by atoms with Crippen LogP contribution < -0.4 is 53.8 Å². The van der Waals surface area contributed by atoms with E-state index in [1.807, 2.05) is 166 Å². The summed E-state index contributed by atoms with van der Waals surface area (Å²) in [6.45, 7) is 16.5. The Morgan fingerprint density at radius 3 is 1.11 bits per heavy atom. The molecule has 0 aliphatic heterocycles. The van der Waals surface area contributed by atoms with E-state index in [9.17, 15) is 14.4 Å². The number of hydrogen-bond acceptors (Lipinski definition) is 13. The minimum Gasteiger partial charge on any atom is -0.496 e. The van der Waals surface area contributed by atoms with Crippen molar-refractivity contribution < 1.29 is 19.1 Å². The summed E-state index contributed by atoms with van der Waals surface area (Å²) < 4.78 is 10.7. The molecule has 3 atom stereocenters. The number of nitrogens with one attached hydrogen (secondary N) is 6. The van der Waals surface area contributed by atoms with Gasteiger partial charge in [-0.05, 0) is 284 Å². The number of carbonyl (C=O) groups is 3. The zero-order valence-corrected chi connectivity index (χ0v) is 68.9. The minimum atomic E-state index is -0.226. The summed E-state index contributed by atoms with van der Waals surface area (Å²) in [6.07, 6.45) is 7.66. The maximum absolute atomic E-state index is 13.7. The van der Waals surface area contributed by atoms with Crippen molar-refractivity contribution in [3.63, 3.8) is 0 Å². The van der Waals surface area contributed by atoms with Crippen LogP contribution in [0.25, 0.3) is 38.6 Å². The van der Waals surface area contributed by atoms with Gasteiger partial charge in [-0.2, -0.15) is 15.3 Å². The molecule has 3 aliphatic carbocycles. The van der Waals surface area contributed by atoms with E-state index in [2.05, 4.69) is 177 Å². The highest BCUT2D eigenvalue weighted by atomic mass is 16.5. The van der Waals surface area contributed by atoms with Crippen molar-refractivity contribution >= 4 is 56.3 Å². The molecule has 0 radical (unpaired) electrons. The Morgan fingerprint density at radius 1 is 0.378 bits per heavy atom. The number of fused-ring (bicyclic) bond motifs is 2. The van der Waals surface area contributed by atoms with Gasteiger partial charge >= 0.3 is 0 Å². The number of aryl methyl sites for hydroxylation is 4. The lowest BCUT2D eigenvalue weighted by molar-refractivity contribution is 0.101. The molecule has 3 aromatic heterocycles. The molecule has 0 spiro atoms. The molecule has 19 nitrogen and oxygen atoms in total. The lowest BCUT2D eigenvalue weighted by Gasteiger charge is -2.25. The first-order valence-corrected chi connectivity index (χ1v) is 41.6. The first kappa shape index (κ1) is 81.7. The van der Waals surface area contributed by atoms with E-state index < -0.39 is 0 Å². The number of nitrogens with two attached hydrogens (primary N) is 3. The molecule has 19 heteroatoms. The molecular formula is C100H107N15O4. The molecule has 3 unspecified atom stereocenters. The monoisotopic (exact) mass is 1580 g/mol. The number of para-hydroxylation sites is 1. The molecule has 0 bridgehead atoms. The number of amides is 3. The van der Waals surface area contributed by atoms with Crippen LogP contribution in [0, 0.1) is 45.4 Å². The van der Waals surface area contributed by atoms with Gasteiger partial charge in [0.05, 0.1) is 59.4 Å². The van der Waals surface area contributed by atoms with Gasteiger partial charge in [0.2, 0.25) is 0 Å². The van der Waals surface area contributed by atoms with Gasteiger partial charge in [-0.3, -0.25) is 14.4 Å². The first-order valence-electron chi connectivity index (χ1n) is 41.6. The maximum Gasteiger partial charge on any atom is 0.274 e. The number of nitrogens with zero attached hydrogens (tertiary/aromatic N) is 6. The number of ether oxygens (including phenoxy) is 1. The summed E-state index contributed by atoms with van der Waals surface area (Å²) in [5, 5.41) is 39.6. The lowest BCUT2D eigenvalue weighted by Crippen LogP contribution is -2.25. The number of benzene rings is 11. The summed E-state index contributed by atoms with van der Waals surface area (Å²) in [5.41, 5.74) is 38.3.